The molecule has 23 heavy (non-hydrogen) atoms. The summed E-state index contributed by atoms with van der Waals surface area (Å²) in [5, 5.41) is 10.4. The van der Waals surface area contributed by atoms with Gasteiger partial charge in [0, 0.05) is 23.1 Å². The Balaban J connectivity index is 2.31. The lowest BCUT2D eigenvalue weighted by atomic mass is 9.80. The van der Waals surface area contributed by atoms with Crippen molar-refractivity contribution in [3.05, 3.63) is 27.8 Å². The molecular formula is C19H24O4. The molecule has 0 bridgehead atoms. The minimum Gasteiger partial charge on any atom is -0.496 e. The van der Waals surface area contributed by atoms with Crippen LogP contribution in [-0.2, 0) is 12.8 Å². The van der Waals surface area contributed by atoms with Gasteiger partial charge >= 0.3 is 0 Å². The monoisotopic (exact) mass is 316 g/mol. The fourth-order valence-electron chi connectivity index (χ4n) is 4.22. The molecule has 124 valence electrons. The van der Waals surface area contributed by atoms with Crippen molar-refractivity contribution >= 4 is 11.6 Å². The number of methoxy groups -OCH3 is 1. The molecule has 0 saturated carbocycles. The zero-order valence-corrected chi connectivity index (χ0v) is 14.3. The van der Waals surface area contributed by atoms with Gasteiger partial charge in [0.05, 0.1) is 18.6 Å². The molecule has 1 aromatic carbocycles. The summed E-state index contributed by atoms with van der Waals surface area (Å²) in [6, 6.07) is 0. The number of hydrogen-bond acceptors (Lipinski definition) is 4. The molecule has 1 N–H and O–H groups in total. The van der Waals surface area contributed by atoms with Gasteiger partial charge in [-0.1, -0.05) is 0 Å². The third-order valence-corrected chi connectivity index (χ3v) is 5.32. The van der Waals surface area contributed by atoms with Crippen LogP contribution in [0.2, 0.25) is 0 Å². The smallest absolute Gasteiger partial charge is 0.169 e. The molecule has 0 aliphatic heterocycles. The lowest BCUT2D eigenvalue weighted by molar-refractivity contribution is 0.0168. The first-order chi connectivity index (χ1) is 10.8. The second-order valence-electron chi connectivity index (χ2n) is 7.25. The lowest BCUT2D eigenvalue weighted by Crippen LogP contribution is -2.36. The minimum absolute atomic E-state index is 0.0315. The van der Waals surface area contributed by atoms with Crippen LogP contribution in [0.25, 0.3) is 0 Å². The molecular weight excluding hydrogens is 292 g/mol. The van der Waals surface area contributed by atoms with Crippen molar-refractivity contribution in [3.63, 3.8) is 0 Å². The molecule has 0 amide bonds. The summed E-state index contributed by atoms with van der Waals surface area (Å²) in [6.45, 7) is 5.14. The number of hydrogen-bond donors (Lipinski definition) is 1. The van der Waals surface area contributed by atoms with Crippen LogP contribution < -0.4 is 4.74 Å². The number of aliphatic hydroxyl groups is 1. The molecule has 0 radical (unpaired) electrons. The van der Waals surface area contributed by atoms with E-state index >= 15 is 0 Å². The number of carbonyl (C=O) groups is 2. The first-order valence-electron chi connectivity index (χ1n) is 8.29. The Bertz CT molecular complexity index is 695. The van der Waals surface area contributed by atoms with E-state index in [1.807, 2.05) is 6.92 Å². The molecule has 3 rings (SSSR count). The van der Waals surface area contributed by atoms with E-state index in [2.05, 4.69) is 0 Å². The van der Waals surface area contributed by atoms with Gasteiger partial charge in [-0.2, -0.15) is 0 Å². The number of rotatable bonds is 2. The van der Waals surface area contributed by atoms with Gasteiger partial charge in [0.2, 0.25) is 0 Å². The molecule has 0 unspecified atom stereocenters. The number of ketones is 2. The van der Waals surface area contributed by atoms with E-state index in [-0.39, 0.29) is 11.6 Å². The van der Waals surface area contributed by atoms with Crippen LogP contribution >= 0.6 is 0 Å². The Kier molecular flexibility index (Phi) is 3.83. The maximum Gasteiger partial charge on any atom is 0.169 e. The molecule has 2 aliphatic rings. The van der Waals surface area contributed by atoms with Crippen LogP contribution in [0.15, 0.2) is 0 Å². The van der Waals surface area contributed by atoms with Crippen LogP contribution in [0.5, 0.6) is 5.75 Å². The van der Waals surface area contributed by atoms with Gasteiger partial charge in [-0.05, 0) is 57.6 Å². The summed E-state index contributed by atoms with van der Waals surface area (Å²) in [4.78, 5) is 25.9. The van der Waals surface area contributed by atoms with Crippen molar-refractivity contribution in [2.24, 2.45) is 5.92 Å². The summed E-state index contributed by atoms with van der Waals surface area (Å²) in [7, 11) is 1.61. The number of fused-ring (bicyclic) bond motifs is 3. The van der Waals surface area contributed by atoms with Crippen LogP contribution in [0.3, 0.4) is 0 Å². The molecule has 2 aliphatic carbocycles. The molecule has 0 aromatic heterocycles. The number of Topliss-reactive ketones (excluding diaryl/α,β-unsaturated/α-hetero) is 2. The zero-order valence-electron chi connectivity index (χ0n) is 14.3. The van der Waals surface area contributed by atoms with E-state index < -0.39 is 11.5 Å². The molecule has 0 heterocycles. The zero-order chi connectivity index (χ0) is 16.9. The predicted molar refractivity (Wildman–Crippen MR) is 87.4 cm³/mol. The third kappa shape index (κ3) is 2.40. The maximum atomic E-state index is 13.2. The predicted octanol–water partition coefficient (Wildman–Crippen LogP) is 3.04. The van der Waals surface area contributed by atoms with Crippen molar-refractivity contribution in [2.45, 2.75) is 58.5 Å². The maximum absolute atomic E-state index is 13.2. The summed E-state index contributed by atoms with van der Waals surface area (Å²) in [6.07, 6.45) is 3.40. The van der Waals surface area contributed by atoms with Gasteiger partial charge in [0.1, 0.15) is 5.75 Å². The topological polar surface area (TPSA) is 63.6 Å². The van der Waals surface area contributed by atoms with Crippen LogP contribution in [0.1, 0.15) is 70.5 Å². The second-order valence-corrected chi connectivity index (χ2v) is 7.25. The Hall–Kier alpha value is -1.68. The number of ether oxygens (including phenoxy) is 1. The summed E-state index contributed by atoms with van der Waals surface area (Å²) in [5.41, 5.74) is 2.78. The van der Waals surface area contributed by atoms with Crippen molar-refractivity contribution in [1.82, 2.24) is 0 Å². The van der Waals surface area contributed by atoms with E-state index in [9.17, 15) is 14.7 Å². The number of benzene rings is 1. The van der Waals surface area contributed by atoms with Crippen molar-refractivity contribution < 1.29 is 19.4 Å². The molecule has 0 fully saturated rings. The first kappa shape index (κ1) is 16.2. The highest BCUT2D eigenvalue weighted by Crippen LogP contribution is 2.43. The fraction of sp³-hybridized carbons (Fsp3) is 0.579. The van der Waals surface area contributed by atoms with Crippen molar-refractivity contribution in [3.8, 4) is 5.75 Å². The number of carbonyl (C=O) groups excluding carboxylic acids is 2. The van der Waals surface area contributed by atoms with Crippen molar-refractivity contribution in [1.29, 1.82) is 0 Å². The van der Waals surface area contributed by atoms with Gasteiger partial charge in [0.15, 0.2) is 11.6 Å². The van der Waals surface area contributed by atoms with Gasteiger partial charge in [-0.15, -0.1) is 0 Å². The third-order valence-electron chi connectivity index (χ3n) is 5.32. The minimum atomic E-state index is -1.14. The lowest BCUT2D eigenvalue weighted by Gasteiger charge is -2.28. The second kappa shape index (κ2) is 5.45. The van der Waals surface area contributed by atoms with Crippen molar-refractivity contribution in [2.75, 3.05) is 7.11 Å². The standard InChI is InChI=1S/C19H24O4/c1-10-15-16(11-6-5-7-12(11)18(10)23-4)14(20)9-8-13(17(15)21)19(2,3)22/h13,22H,5-9H2,1-4H3/t13-/m0/s1. The van der Waals surface area contributed by atoms with Gasteiger partial charge in [0.25, 0.3) is 0 Å². The van der Waals surface area contributed by atoms with E-state index in [0.717, 1.165) is 41.7 Å². The Morgan fingerprint density at radius 2 is 1.74 bits per heavy atom. The van der Waals surface area contributed by atoms with Gasteiger partial charge in [-0.25, -0.2) is 0 Å². The van der Waals surface area contributed by atoms with Crippen LogP contribution in [-0.4, -0.2) is 29.4 Å². The van der Waals surface area contributed by atoms with Crippen LogP contribution in [0, 0.1) is 12.8 Å². The molecule has 4 nitrogen and oxygen atoms in total. The normalized spacial score (nSPS) is 21.0. The molecule has 1 aromatic rings. The average molecular weight is 316 g/mol. The van der Waals surface area contributed by atoms with E-state index in [1.54, 1.807) is 21.0 Å². The Morgan fingerprint density at radius 1 is 1.09 bits per heavy atom. The summed E-state index contributed by atoms with van der Waals surface area (Å²) in [5.74, 6) is 0.0946. The largest absolute Gasteiger partial charge is 0.496 e. The van der Waals surface area contributed by atoms with E-state index in [1.165, 1.54) is 0 Å². The van der Waals surface area contributed by atoms with Gasteiger partial charge in [-0.3, -0.25) is 9.59 Å². The SMILES string of the molecule is COc1c(C)c2c(c3c1CCC3)C(=O)CC[C@H](C(C)(C)O)C2=O. The molecule has 0 spiro atoms. The highest BCUT2D eigenvalue weighted by atomic mass is 16.5. The Morgan fingerprint density at radius 3 is 2.35 bits per heavy atom. The van der Waals surface area contributed by atoms with Crippen LogP contribution in [0.4, 0.5) is 0 Å². The summed E-state index contributed by atoms with van der Waals surface area (Å²) < 4.78 is 5.57. The molecule has 1 atom stereocenters. The molecule has 0 saturated heterocycles. The van der Waals surface area contributed by atoms with E-state index in [4.69, 9.17) is 4.74 Å². The fourth-order valence-corrected chi connectivity index (χ4v) is 4.22. The average Bonchev–Trinajstić information content (AvgIpc) is 2.87. The van der Waals surface area contributed by atoms with E-state index in [0.29, 0.717) is 24.0 Å². The molecule has 4 heteroatoms. The Labute approximate surface area is 136 Å². The summed E-state index contributed by atoms with van der Waals surface area (Å²) >= 11 is 0. The highest BCUT2D eigenvalue weighted by molar-refractivity contribution is 6.14. The van der Waals surface area contributed by atoms with Gasteiger partial charge < -0.3 is 9.84 Å². The quantitative estimate of drug-likeness (QED) is 0.852. The highest BCUT2D eigenvalue weighted by Gasteiger charge is 2.41. The first-order valence-corrected chi connectivity index (χ1v) is 8.29.